The average molecular weight is 446 g/mol. The highest BCUT2D eigenvalue weighted by atomic mass is 32.2. The van der Waals surface area contributed by atoms with Crippen molar-refractivity contribution in [1.29, 1.82) is 0 Å². The lowest BCUT2D eigenvalue weighted by Gasteiger charge is -2.36. The third-order valence-corrected chi connectivity index (χ3v) is 7.76. The molecule has 31 heavy (non-hydrogen) atoms. The number of sulfonamides is 1. The molecule has 0 aromatic heterocycles. The fourth-order valence-electron chi connectivity index (χ4n) is 3.69. The van der Waals surface area contributed by atoms with Crippen LogP contribution in [0.15, 0.2) is 59.5 Å². The quantitative estimate of drug-likeness (QED) is 0.675. The van der Waals surface area contributed by atoms with E-state index in [2.05, 4.69) is 24.4 Å². The summed E-state index contributed by atoms with van der Waals surface area (Å²) >= 11 is 0. The molecule has 2 aromatic rings. The Hall–Kier alpha value is -2.42. The van der Waals surface area contributed by atoms with Crippen LogP contribution in [0.3, 0.4) is 0 Å². The van der Waals surface area contributed by atoms with Gasteiger partial charge in [0.05, 0.1) is 18.0 Å². The maximum Gasteiger partial charge on any atom is 0.243 e. The molecule has 2 aromatic carbocycles. The van der Waals surface area contributed by atoms with Crippen LogP contribution < -0.4 is 10.1 Å². The highest BCUT2D eigenvalue weighted by Gasteiger charge is 2.31. The summed E-state index contributed by atoms with van der Waals surface area (Å²) in [6.07, 6.45) is 0. The zero-order chi connectivity index (χ0) is 22.4. The van der Waals surface area contributed by atoms with Gasteiger partial charge in [-0.25, -0.2) is 8.42 Å². The molecule has 1 fully saturated rings. The topological polar surface area (TPSA) is 79.0 Å². The molecule has 1 N–H and O–H groups in total. The number of ether oxygens (including phenoxy) is 1. The van der Waals surface area contributed by atoms with Crippen molar-refractivity contribution in [2.24, 2.45) is 0 Å². The number of rotatable bonds is 8. The van der Waals surface area contributed by atoms with Crippen LogP contribution in [0, 0.1) is 0 Å². The van der Waals surface area contributed by atoms with E-state index in [-0.39, 0.29) is 22.8 Å². The van der Waals surface area contributed by atoms with Crippen LogP contribution >= 0.6 is 0 Å². The van der Waals surface area contributed by atoms with E-state index in [0.717, 1.165) is 0 Å². The van der Waals surface area contributed by atoms with E-state index < -0.39 is 10.0 Å². The third-order valence-electron chi connectivity index (χ3n) is 5.85. The van der Waals surface area contributed by atoms with Crippen molar-refractivity contribution >= 4 is 15.9 Å². The maximum atomic E-state index is 12.9. The summed E-state index contributed by atoms with van der Waals surface area (Å²) in [5.74, 6) is 0.809. The molecular weight excluding hydrogens is 414 g/mol. The number of benzene rings is 2. The molecule has 7 nitrogen and oxygen atoms in total. The molecule has 8 heteroatoms. The molecule has 1 heterocycles. The number of piperazine rings is 1. The van der Waals surface area contributed by atoms with Gasteiger partial charge in [0.15, 0.2) is 0 Å². The number of amides is 1. The van der Waals surface area contributed by atoms with Gasteiger partial charge in [0.25, 0.3) is 0 Å². The number of hydrogen-bond donors (Lipinski definition) is 1. The van der Waals surface area contributed by atoms with E-state index in [1.807, 2.05) is 30.0 Å². The fourth-order valence-corrected chi connectivity index (χ4v) is 5.12. The number of nitrogens with one attached hydrogen (secondary N) is 1. The Labute approximate surface area is 185 Å². The van der Waals surface area contributed by atoms with Gasteiger partial charge in [-0.2, -0.15) is 4.31 Å². The molecule has 3 rings (SSSR count). The first-order chi connectivity index (χ1) is 14.8. The summed E-state index contributed by atoms with van der Waals surface area (Å²) in [5.41, 5.74) is 1.19. The Morgan fingerprint density at radius 1 is 1.00 bits per heavy atom. The maximum absolute atomic E-state index is 12.9. The molecule has 0 bridgehead atoms. The molecule has 168 valence electrons. The lowest BCUT2D eigenvalue weighted by atomic mass is 10.0. The highest BCUT2D eigenvalue weighted by molar-refractivity contribution is 7.89. The van der Waals surface area contributed by atoms with Crippen molar-refractivity contribution in [3.05, 3.63) is 60.2 Å². The zero-order valence-corrected chi connectivity index (χ0v) is 19.1. The Morgan fingerprint density at radius 2 is 1.61 bits per heavy atom. The summed E-state index contributed by atoms with van der Waals surface area (Å²) in [6.45, 7) is 6.26. The highest BCUT2D eigenvalue weighted by Crippen LogP contribution is 2.21. The molecule has 0 radical (unpaired) electrons. The van der Waals surface area contributed by atoms with E-state index in [9.17, 15) is 13.2 Å². The number of hydrogen-bond acceptors (Lipinski definition) is 5. The van der Waals surface area contributed by atoms with Crippen molar-refractivity contribution in [1.82, 2.24) is 14.5 Å². The Balaban J connectivity index is 1.51. The van der Waals surface area contributed by atoms with Crippen molar-refractivity contribution in [2.75, 3.05) is 39.8 Å². The van der Waals surface area contributed by atoms with Gasteiger partial charge in [-0.3, -0.25) is 9.69 Å². The largest absolute Gasteiger partial charge is 0.497 e. The van der Waals surface area contributed by atoms with Gasteiger partial charge in [0.1, 0.15) is 5.75 Å². The third kappa shape index (κ3) is 5.64. The normalized spacial score (nSPS) is 17.6. The minimum Gasteiger partial charge on any atom is -0.497 e. The van der Waals surface area contributed by atoms with Gasteiger partial charge in [-0.1, -0.05) is 37.3 Å². The predicted molar refractivity (Wildman–Crippen MR) is 121 cm³/mol. The standard InChI is InChI=1S/C23H31N3O4S/c1-18(20-7-5-4-6-8-20)17-24-23(27)19(2)25-13-15-26(16-14-25)31(28,29)22-11-9-21(30-3)10-12-22/h4-12,18-19H,13-17H2,1-3H3,(H,24,27). The first kappa shape index (κ1) is 23.2. The van der Waals surface area contributed by atoms with Crippen molar-refractivity contribution in [3.8, 4) is 5.75 Å². The van der Waals surface area contributed by atoms with Gasteiger partial charge in [0.2, 0.25) is 15.9 Å². The summed E-state index contributed by atoms with van der Waals surface area (Å²) in [7, 11) is -2.01. The first-order valence-corrected chi connectivity index (χ1v) is 12.0. The Morgan fingerprint density at radius 3 is 2.19 bits per heavy atom. The second-order valence-electron chi connectivity index (χ2n) is 7.85. The van der Waals surface area contributed by atoms with Gasteiger partial charge in [-0.15, -0.1) is 0 Å². The van der Waals surface area contributed by atoms with Crippen molar-refractivity contribution in [2.45, 2.75) is 30.7 Å². The molecule has 2 atom stereocenters. The molecule has 1 aliphatic rings. The fraction of sp³-hybridized carbons (Fsp3) is 0.435. The summed E-state index contributed by atoms with van der Waals surface area (Å²) < 4.78 is 32.4. The second-order valence-corrected chi connectivity index (χ2v) is 9.79. The monoisotopic (exact) mass is 445 g/mol. The Kier molecular flexibility index (Phi) is 7.69. The number of methoxy groups -OCH3 is 1. The van der Waals surface area contributed by atoms with E-state index >= 15 is 0 Å². The number of carbonyl (C=O) groups is 1. The minimum atomic E-state index is -3.56. The summed E-state index contributed by atoms with van der Waals surface area (Å²) in [6, 6.07) is 16.2. The molecule has 1 saturated heterocycles. The van der Waals surface area contributed by atoms with E-state index in [1.165, 1.54) is 9.87 Å². The van der Waals surface area contributed by atoms with E-state index in [4.69, 9.17) is 4.74 Å². The molecule has 1 aliphatic heterocycles. The van der Waals surface area contributed by atoms with Gasteiger partial charge in [0, 0.05) is 32.7 Å². The second kappa shape index (κ2) is 10.3. The summed E-state index contributed by atoms with van der Waals surface area (Å²) in [5, 5.41) is 3.03. The lowest BCUT2D eigenvalue weighted by Crippen LogP contribution is -2.55. The van der Waals surface area contributed by atoms with Gasteiger partial charge in [-0.05, 0) is 42.7 Å². The minimum absolute atomic E-state index is 0.0331. The molecule has 0 saturated carbocycles. The van der Waals surface area contributed by atoms with Crippen LogP contribution in [-0.2, 0) is 14.8 Å². The van der Waals surface area contributed by atoms with Gasteiger partial charge >= 0.3 is 0 Å². The molecule has 1 amide bonds. The molecular formula is C23H31N3O4S. The van der Waals surface area contributed by atoms with E-state index in [1.54, 1.807) is 31.4 Å². The van der Waals surface area contributed by atoms with Gasteiger partial charge < -0.3 is 10.1 Å². The van der Waals surface area contributed by atoms with E-state index in [0.29, 0.717) is 38.5 Å². The smallest absolute Gasteiger partial charge is 0.243 e. The summed E-state index contributed by atoms with van der Waals surface area (Å²) in [4.78, 5) is 14.9. The van der Waals surface area contributed by atoms with Crippen LogP contribution in [0.1, 0.15) is 25.3 Å². The average Bonchev–Trinajstić information content (AvgIpc) is 2.82. The van der Waals surface area contributed by atoms with Crippen molar-refractivity contribution in [3.63, 3.8) is 0 Å². The van der Waals surface area contributed by atoms with Crippen molar-refractivity contribution < 1.29 is 17.9 Å². The van der Waals surface area contributed by atoms with Crippen LogP contribution in [0.5, 0.6) is 5.75 Å². The van der Waals surface area contributed by atoms with Crippen LogP contribution in [0.2, 0.25) is 0 Å². The lowest BCUT2D eigenvalue weighted by molar-refractivity contribution is -0.126. The number of nitrogens with zero attached hydrogens (tertiary/aromatic N) is 2. The van der Waals surface area contributed by atoms with Crippen LogP contribution in [-0.4, -0.2) is 69.4 Å². The molecule has 2 unspecified atom stereocenters. The molecule has 0 aliphatic carbocycles. The molecule has 0 spiro atoms. The van der Waals surface area contributed by atoms with Crippen LogP contribution in [0.25, 0.3) is 0 Å². The zero-order valence-electron chi connectivity index (χ0n) is 18.3. The SMILES string of the molecule is COc1ccc(S(=O)(=O)N2CCN(C(C)C(=O)NCC(C)c3ccccc3)CC2)cc1. The number of carbonyl (C=O) groups excluding carboxylic acids is 1. The predicted octanol–water partition coefficient (Wildman–Crippen LogP) is 2.31. The van der Waals surface area contributed by atoms with Crippen LogP contribution in [0.4, 0.5) is 0 Å². The Bertz CT molecular complexity index is 956. The first-order valence-electron chi connectivity index (χ1n) is 10.5.